The highest BCUT2D eigenvalue weighted by molar-refractivity contribution is 7.10. The summed E-state index contributed by atoms with van der Waals surface area (Å²) in [5, 5.41) is 17.5. The van der Waals surface area contributed by atoms with Gasteiger partial charge in [-0.1, -0.05) is 12.1 Å². The molecule has 29 heavy (non-hydrogen) atoms. The van der Waals surface area contributed by atoms with E-state index in [4.69, 9.17) is 0 Å². The normalized spacial score (nSPS) is 11.3. The van der Waals surface area contributed by atoms with Gasteiger partial charge in [-0.15, -0.1) is 22.7 Å². The summed E-state index contributed by atoms with van der Waals surface area (Å²) < 4.78 is 3.43. The minimum Gasteiger partial charge on any atom is -0.279 e. The summed E-state index contributed by atoms with van der Waals surface area (Å²) in [5.74, 6) is 1.53. The Labute approximate surface area is 174 Å². The molecule has 4 aromatic rings. The Kier molecular flexibility index (Phi) is 6.20. The van der Waals surface area contributed by atoms with Crippen LogP contribution in [0.25, 0.3) is 0 Å². The van der Waals surface area contributed by atoms with Gasteiger partial charge in [-0.2, -0.15) is 10.2 Å². The molecule has 10 heteroatoms. The van der Waals surface area contributed by atoms with Gasteiger partial charge in [0.25, 0.3) is 0 Å². The molecular formula is C19H22N6O2S2. The molecule has 152 valence electrons. The molecule has 0 saturated carbocycles. The van der Waals surface area contributed by atoms with Crippen molar-refractivity contribution in [2.45, 2.75) is 45.2 Å². The van der Waals surface area contributed by atoms with E-state index in [2.05, 4.69) is 20.4 Å². The van der Waals surface area contributed by atoms with Crippen LogP contribution in [-0.4, -0.2) is 29.5 Å². The van der Waals surface area contributed by atoms with Crippen LogP contribution in [0.5, 0.6) is 0 Å². The average Bonchev–Trinajstić information content (AvgIpc) is 3.50. The van der Waals surface area contributed by atoms with Crippen LogP contribution in [0, 0.1) is 0 Å². The standard InChI is InChI=1S/C19H22N6O2S2/c26-18-22-20-16(12-14-6-4-10-28-14)24(18)8-2-1-3-9-25-17(21-23-19(25)27)13-15-7-5-11-29-15/h4-7,10-11H,1-3,8-9,12-13H2,(H,22,26)(H,23,27). The van der Waals surface area contributed by atoms with Crippen LogP contribution < -0.4 is 11.4 Å². The van der Waals surface area contributed by atoms with Crippen LogP contribution in [0.4, 0.5) is 0 Å². The van der Waals surface area contributed by atoms with Crippen molar-refractivity contribution in [2.75, 3.05) is 0 Å². The van der Waals surface area contributed by atoms with Crippen molar-refractivity contribution in [1.82, 2.24) is 29.5 Å². The maximum absolute atomic E-state index is 12.1. The van der Waals surface area contributed by atoms with E-state index < -0.39 is 0 Å². The quantitative estimate of drug-likeness (QED) is 0.378. The second-order valence-electron chi connectivity index (χ2n) is 6.77. The van der Waals surface area contributed by atoms with Gasteiger partial charge in [-0.3, -0.25) is 9.13 Å². The van der Waals surface area contributed by atoms with Gasteiger partial charge < -0.3 is 0 Å². The fraction of sp³-hybridized carbons (Fsp3) is 0.368. The second-order valence-corrected chi connectivity index (χ2v) is 8.83. The van der Waals surface area contributed by atoms with Gasteiger partial charge in [0.1, 0.15) is 11.6 Å². The van der Waals surface area contributed by atoms with Gasteiger partial charge in [-0.05, 0) is 42.2 Å². The van der Waals surface area contributed by atoms with Crippen molar-refractivity contribution in [3.63, 3.8) is 0 Å². The Morgan fingerprint density at radius 2 is 1.24 bits per heavy atom. The van der Waals surface area contributed by atoms with Crippen LogP contribution >= 0.6 is 22.7 Å². The second kappa shape index (κ2) is 9.19. The number of unbranched alkanes of at least 4 members (excludes halogenated alkanes) is 2. The summed E-state index contributed by atoms with van der Waals surface area (Å²) in [5.41, 5.74) is -0.332. The first-order chi connectivity index (χ1) is 14.2. The Morgan fingerprint density at radius 3 is 1.66 bits per heavy atom. The first-order valence-corrected chi connectivity index (χ1v) is 11.3. The summed E-state index contributed by atoms with van der Waals surface area (Å²) in [6.45, 7) is 1.25. The molecule has 2 N–H and O–H groups in total. The zero-order chi connectivity index (χ0) is 20.1. The summed E-state index contributed by atoms with van der Waals surface area (Å²) in [6, 6.07) is 8.09. The number of hydrogen-bond donors (Lipinski definition) is 2. The van der Waals surface area contributed by atoms with Gasteiger partial charge in [-0.25, -0.2) is 19.8 Å². The minimum absolute atomic E-state index is 0.166. The molecule has 0 aromatic carbocycles. The van der Waals surface area contributed by atoms with E-state index in [1.807, 2.05) is 35.0 Å². The molecule has 4 aromatic heterocycles. The van der Waals surface area contributed by atoms with Gasteiger partial charge in [0.05, 0.1) is 0 Å². The number of rotatable bonds is 10. The number of aromatic nitrogens is 6. The minimum atomic E-state index is -0.166. The lowest BCUT2D eigenvalue weighted by atomic mass is 10.2. The molecule has 0 atom stereocenters. The van der Waals surface area contributed by atoms with E-state index in [9.17, 15) is 9.59 Å². The molecule has 0 fully saturated rings. The van der Waals surface area contributed by atoms with Crippen molar-refractivity contribution in [3.05, 3.63) is 77.4 Å². The molecule has 0 amide bonds. The predicted octanol–water partition coefficient (Wildman–Crippen LogP) is 2.63. The molecular weight excluding hydrogens is 408 g/mol. The number of thiophene rings is 2. The Bertz CT molecular complexity index is 1040. The molecule has 0 spiro atoms. The summed E-state index contributed by atoms with van der Waals surface area (Å²) >= 11 is 3.32. The lowest BCUT2D eigenvalue weighted by Crippen LogP contribution is -2.20. The van der Waals surface area contributed by atoms with Gasteiger partial charge in [0, 0.05) is 35.7 Å². The molecule has 0 saturated heterocycles. The highest BCUT2D eigenvalue weighted by Gasteiger charge is 2.11. The third-order valence-electron chi connectivity index (χ3n) is 4.76. The molecule has 0 unspecified atom stereocenters. The van der Waals surface area contributed by atoms with E-state index in [1.54, 1.807) is 31.8 Å². The van der Waals surface area contributed by atoms with Crippen molar-refractivity contribution in [1.29, 1.82) is 0 Å². The van der Waals surface area contributed by atoms with E-state index >= 15 is 0 Å². The number of aromatic amines is 2. The number of nitrogens with one attached hydrogen (secondary N) is 2. The number of nitrogens with zero attached hydrogens (tertiary/aromatic N) is 4. The Morgan fingerprint density at radius 1 is 0.759 bits per heavy atom. The van der Waals surface area contributed by atoms with Crippen molar-refractivity contribution < 1.29 is 0 Å². The van der Waals surface area contributed by atoms with Crippen molar-refractivity contribution >= 4 is 22.7 Å². The van der Waals surface area contributed by atoms with E-state index in [-0.39, 0.29) is 11.4 Å². The zero-order valence-electron chi connectivity index (χ0n) is 15.8. The summed E-state index contributed by atoms with van der Waals surface area (Å²) in [6.07, 6.45) is 3.93. The van der Waals surface area contributed by atoms with Crippen molar-refractivity contribution in [3.8, 4) is 0 Å². The summed E-state index contributed by atoms with van der Waals surface area (Å²) in [7, 11) is 0. The fourth-order valence-electron chi connectivity index (χ4n) is 3.29. The van der Waals surface area contributed by atoms with E-state index in [0.29, 0.717) is 25.9 Å². The number of H-pyrrole nitrogens is 2. The maximum Gasteiger partial charge on any atom is 0.343 e. The molecule has 0 aliphatic heterocycles. The smallest absolute Gasteiger partial charge is 0.279 e. The van der Waals surface area contributed by atoms with Gasteiger partial charge in [0.15, 0.2) is 0 Å². The first-order valence-electron chi connectivity index (χ1n) is 9.53. The van der Waals surface area contributed by atoms with E-state index in [0.717, 1.165) is 30.9 Å². The van der Waals surface area contributed by atoms with Crippen LogP contribution in [0.1, 0.15) is 40.7 Å². The summed E-state index contributed by atoms with van der Waals surface area (Å²) in [4.78, 5) is 26.5. The Balaban J connectivity index is 1.29. The molecule has 0 radical (unpaired) electrons. The van der Waals surface area contributed by atoms with Gasteiger partial charge >= 0.3 is 11.4 Å². The lowest BCUT2D eigenvalue weighted by molar-refractivity contribution is 0.519. The molecule has 4 heterocycles. The third kappa shape index (κ3) is 4.83. The highest BCUT2D eigenvalue weighted by atomic mass is 32.1. The average molecular weight is 431 g/mol. The predicted molar refractivity (Wildman–Crippen MR) is 114 cm³/mol. The first kappa shape index (κ1) is 19.6. The van der Waals surface area contributed by atoms with Crippen LogP contribution in [-0.2, 0) is 25.9 Å². The number of hydrogen-bond acceptors (Lipinski definition) is 6. The van der Waals surface area contributed by atoms with Crippen LogP contribution in [0.2, 0.25) is 0 Å². The topological polar surface area (TPSA) is 101 Å². The van der Waals surface area contributed by atoms with Crippen LogP contribution in [0.15, 0.2) is 44.6 Å². The third-order valence-corrected chi connectivity index (χ3v) is 6.52. The zero-order valence-corrected chi connectivity index (χ0v) is 17.5. The SMILES string of the molecule is O=c1[nH]nc(Cc2cccs2)n1CCCCCn1c(Cc2cccs2)n[nH]c1=O. The molecule has 0 bridgehead atoms. The van der Waals surface area contributed by atoms with E-state index in [1.165, 1.54) is 9.75 Å². The molecule has 0 aliphatic carbocycles. The fourth-order valence-corrected chi connectivity index (χ4v) is 4.69. The molecule has 8 nitrogen and oxygen atoms in total. The highest BCUT2D eigenvalue weighted by Crippen LogP contribution is 2.14. The lowest BCUT2D eigenvalue weighted by Gasteiger charge is -2.07. The monoisotopic (exact) mass is 430 g/mol. The molecule has 0 aliphatic rings. The molecule has 4 rings (SSSR count). The largest absolute Gasteiger partial charge is 0.343 e. The Hall–Kier alpha value is -2.72. The maximum atomic E-state index is 12.1. The van der Waals surface area contributed by atoms with Crippen LogP contribution in [0.3, 0.4) is 0 Å². The van der Waals surface area contributed by atoms with Gasteiger partial charge in [0.2, 0.25) is 0 Å². The van der Waals surface area contributed by atoms with Crippen molar-refractivity contribution in [2.24, 2.45) is 0 Å².